The Hall–Kier alpha value is -2.16. The van der Waals surface area contributed by atoms with E-state index in [2.05, 4.69) is 10.7 Å². The molecule has 9 nitrogen and oxygen atoms in total. The van der Waals surface area contributed by atoms with Crippen LogP contribution in [-0.2, 0) is 14.4 Å². The number of hydrazine groups is 1. The molecule has 1 saturated carbocycles. The Morgan fingerprint density at radius 3 is 2.43 bits per heavy atom. The van der Waals surface area contributed by atoms with E-state index in [-0.39, 0.29) is 18.9 Å². The number of urea groups is 1. The molecule has 4 N–H and O–H groups in total. The second-order valence-corrected chi connectivity index (χ2v) is 8.94. The molecule has 0 spiro atoms. The van der Waals surface area contributed by atoms with Crippen molar-refractivity contribution in [3.63, 3.8) is 0 Å². The number of nitrogens with one attached hydrogen (secondary N) is 3. The van der Waals surface area contributed by atoms with Crippen LogP contribution in [0.25, 0.3) is 0 Å². The van der Waals surface area contributed by atoms with Crippen LogP contribution in [0.5, 0.6) is 0 Å². The van der Waals surface area contributed by atoms with Gasteiger partial charge < -0.3 is 5.32 Å². The van der Waals surface area contributed by atoms with Gasteiger partial charge in [0.1, 0.15) is 0 Å². The van der Waals surface area contributed by atoms with Gasteiger partial charge in [0, 0.05) is 13.0 Å². The maximum atomic E-state index is 13.0. The number of carbonyl (C=O) groups is 4. The highest BCUT2D eigenvalue weighted by molar-refractivity contribution is 5.99. The van der Waals surface area contributed by atoms with E-state index in [0.29, 0.717) is 23.8 Å². The zero-order valence-electron chi connectivity index (χ0n) is 18.1. The SMILES string of the molecule is CC(C)CC(C(=O)NN1C(=O)CCNC1=O)C(CCCC1CCCCC1)C(=O)NO. The van der Waals surface area contributed by atoms with Crippen LogP contribution < -0.4 is 16.2 Å². The Morgan fingerprint density at radius 1 is 1.13 bits per heavy atom. The minimum absolute atomic E-state index is 0.100. The summed E-state index contributed by atoms with van der Waals surface area (Å²) in [5.41, 5.74) is 4.10. The largest absolute Gasteiger partial charge is 0.343 e. The summed E-state index contributed by atoms with van der Waals surface area (Å²) < 4.78 is 0. The van der Waals surface area contributed by atoms with E-state index in [1.54, 1.807) is 5.48 Å². The highest BCUT2D eigenvalue weighted by Crippen LogP contribution is 2.31. The fourth-order valence-corrected chi connectivity index (χ4v) is 4.55. The molecule has 1 aliphatic carbocycles. The standard InChI is InChI=1S/C21H36N4O5/c1-14(2)13-17(19(27)23-25-18(26)11-12-22-21(25)29)16(20(28)24-30)10-6-9-15-7-4-3-5-8-15/h14-17,30H,3-13H2,1-2H3,(H,22,29)(H,23,27)(H,24,28). The van der Waals surface area contributed by atoms with Gasteiger partial charge in [-0.05, 0) is 24.7 Å². The number of nitrogens with zero attached hydrogens (tertiary/aromatic N) is 1. The molecule has 0 aromatic carbocycles. The predicted octanol–water partition coefficient (Wildman–Crippen LogP) is 2.49. The van der Waals surface area contributed by atoms with Gasteiger partial charge >= 0.3 is 6.03 Å². The van der Waals surface area contributed by atoms with Gasteiger partial charge in [-0.1, -0.05) is 58.8 Å². The quantitative estimate of drug-likeness (QED) is 0.316. The average Bonchev–Trinajstić information content (AvgIpc) is 2.72. The van der Waals surface area contributed by atoms with E-state index >= 15 is 0 Å². The molecule has 170 valence electrons. The molecule has 2 unspecified atom stereocenters. The molecule has 30 heavy (non-hydrogen) atoms. The van der Waals surface area contributed by atoms with E-state index in [4.69, 9.17) is 0 Å². The predicted molar refractivity (Wildman–Crippen MR) is 110 cm³/mol. The third-order valence-electron chi connectivity index (χ3n) is 6.14. The molecule has 1 aliphatic heterocycles. The molecule has 1 saturated heterocycles. The molecule has 9 heteroatoms. The first-order valence-corrected chi connectivity index (χ1v) is 11.2. The number of carbonyl (C=O) groups excluding carboxylic acids is 4. The van der Waals surface area contributed by atoms with Crippen LogP contribution in [0.1, 0.15) is 78.1 Å². The van der Waals surface area contributed by atoms with Gasteiger partial charge in [-0.2, -0.15) is 5.01 Å². The Kier molecular flexibility index (Phi) is 9.55. The summed E-state index contributed by atoms with van der Waals surface area (Å²) in [6.07, 6.45) is 8.94. The van der Waals surface area contributed by atoms with E-state index in [1.165, 1.54) is 32.1 Å². The lowest BCUT2D eigenvalue weighted by Gasteiger charge is -2.31. The monoisotopic (exact) mass is 424 g/mol. The molecule has 2 aliphatic rings. The first kappa shape index (κ1) is 24.1. The number of hydrogen-bond donors (Lipinski definition) is 4. The van der Waals surface area contributed by atoms with Crippen LogP contribution in [0, 0.1) is 23.7 Å². The van der Waals surface area contributed by atoms with Crippen LogP contribution in [0.2, 0.25) is 0 Å². The van der Waals surface area contributed by atoms with Crippen molar-refractivity contribution in [1.82, 2.24) is 21.2 Å². The minimum Gasteiger partial charge on any atom is -0.336 e. The summed E-state index contributed by atoms with van der Waals surface area (Å²) in [6.45, 7) is 4.11. The summed E-state index contributed by atoms with van der Waals surface area (Å²) in [7, 11) is 0. The van der Waals surface area contributed by atoms with Crippen molar-refractivity contribution >= 4 is 23.8 Å². The molecule has 1 heterocycles. The summed E-state index contributed by atoms with van der Waals surface area (Å²) in [5.74, 6) is -2.37. The zero-order chi connectivity index (χ0) is 22.1. The first-order chi connectivity index (χ1) is 14.3. The molecule has 2 atom stereocenters. The fourth-order valence-electron chi connectivity index (χ4n) is 4.55. The lowest BCUT2D eigenvalue weighted by atomic mass is 9.79. The molecule has 0 bridgehead atoms. The number of hydroxylamine groups is 1. The van der Waals surface area contributed by atoms with Gasteiger partial charge in [0.15, 0.2) is 0 Å². The topological polar surface area (TPSA) is 128 Å². The Balaban J connectivity index is 2.07. The Bertz CT molecular complexity index is 603. The van der Waals surface area contributed by atoms with E-state index in [9.17, 15) is 24.4 Å². The molecule has 5 amide bonds. The molecule has 0 radical (unpaired) electrons. The van der Waals surface area contributed by atoms with Crippen LogP contribution in [0.4, 0.5) is 4.79 Å². The lowest BCUT2D eigenvalue weighted by molar-refractivity contribution is -0.146. The maximum absolute atomic E-state index is 13.0. The van der Waals surface area contributed by atoms with Crippen LogP contribution in [0.3, 0.4) is 0 Å². The molecular formula is C21H36N4O5. The minimum atomic E-state index is -0.758. The van der Waals surface area contributed by atoms with E-state index in [0.717, 1.165) is 12.8 Å². The van der Waals surface area contributed by atoms with Gasteiger partial charge in [0.05, 0.1) is 11.8 Å². The third-order valence-corrected chi connectivity index (χ3v) is 6.14. The molecular weight excluding hydrogens is 388 g/mol. The van der Waals surface area contributed by atoms with Gasteiger partial charge in [0.2, 0.25) is 11.8 Å². The lowest BCUT2D eigenvalue weighted by Crippen LogP contribution is -2.59. The third kappa shape index (κ3) is 6.97. The summed E-state index contributed by atoms with van der Waals surface area (Å²) in [6, 6.07) is -0.677. The smallest absolute Gasteiger partial charge is 0.336 e. The highest BCUT2D eigenvalue weighted by atomic mass is 16.5. The van der Waals surface area contributed by atoms with Crippen molar-refractivity contribution in [1.29, 1.82) is 0 Å². The normalized spacial score (nSPS) is 19.9. The summed E-state index contributed by atoms with van der Waals surface area (Å²) in [4.78, 5) is 49.4. The second-order valence-electron chi connectivity index (χ2n) is 8.94. The van der Waals surface area contributed by atoms with Crippen LogP contribution >= 0.6 is 0 Å². The number of imide groups is 1. The Labute approximate surface area is 178 Å². The molecule has 0 aromatic rings. The first-order valence-electron chi connectivity index (χ1n) is 11.2. The van der Waals surface area contributed by atoms with Crippen molar-refractivity contribution in [2.75, 3.05) is 6.54 Å². The van der Waals surface area contributed by atoms with Crippen molar-refractivity contribution < 1.29 is 24.4 Å². The number of amides is 5. The summed E-state index contributed by atoms with van der Waals surface area (Å²) in [5, 5.41) is 12.5. The number of hydrogen-bond acceptors (Lipinski definition) is 5. The van der Waals surface area contributed by atoms with E-state index in [1.807, 2.05) is 13.8 Å². The van der Waals surface area contributed by atoms with E-state index < -0.39 is 35.6 Å². The molecule has 0 aromatic heterocycles. The number of rotatable bonds is 10. The van der Waals surface area contributed by atoms with Crippen molar-refractivity contribution in [3.05, 3.63) is 0 Å². The van der Waals surface area contributed by atoms with Crippen molar-refractivity contribution in [2.24, 2.45) is 23.7 Å². The van der Waals surface area contributed by atoms with Gasteiger partial charge in [-0.3, -0.25) is 25.0 Å². The average molecular weight is 425 g/mol. The molecule has 2 fully saturated rings. The van der Waals surface area contributed by atoms with Gasteiger partial charge in [-0.25, -0.2) is 10.3 Å². The van der Waals surface area contributed by atoms with Crippen molar-refractivity contribution in [2.45, 2.75) is 78.1 Å². The summed E-state index contributed by atoms with van der Waals surface area (Å²) >= 11 is 0. The zero-order valence-corrected chi connectivity index (χ0v) is 18.1. The van der Waals surface area contributed by atoms with Crippen molar-refractivity contribution in [3.8, 4) is 0 Å². The van der Waals surface area contributed by atoms with Crippen LogP contribution in [0.15, 0.2) is 0 Å². The highest BCUT2D eigenvalue weighted by Gasteiger charge is 2.37. The maximum Gasteiger partial charge on any atom is 0.343 e. The van der Waals surface area contributed by atoms with Gasteiger partial charge in [0.25, 0.3) is 5.91 Å². The second kappa shape index (κ2) is 11.9. The fraction of sp³-hybridized carbons (Fsp3) is 0.810. The Morgan fingerprint density at radius 2 is 1.83 bits per heavy atom. The molecule has 2 rings (SSSR count). The van der Waals surface area contributed by atoms with Gasteiger partial charge in [-0.15, -0.1) is 0 Å². The van der Waals surface area contributed by atoms with Crippen LogP contribution in [-0.4, -0.2) is 40.5 Å².